The van der Waals surface area contributed by atoms with E-state index in [0.717, 1.165) is 18.1 Å². The van der Waals surface area contributed by atoms with Crippen molar-refractivity contribution in [2.24, 2.45) is 17.8 Å². The monoisotopic (exact) mass is 219 g/mol. The molecule has 84 valence electrons. The van der Waals surface area contributed by atoms with Crippen LogP contribution >= 0.6 is 0 Å². The fourth-order valence-corrected chi connectivity index (χ4v) is 2.81. The second-order valence-corrected chi connectivity index (χ2v) is 4.52. The summed E-state index contributed by atoms with van der Waals surface area (Å²) in [4.78, 5) is 19.4. The van der Waals surface area contributed by atoms with Crippen LogP contribution in [-0.2, 0) is 4.79 Å². The average Bonchev–Trinajstić information content (AvgIpc) is 2.81. The molecule has 0 radical (unpaired) electrons. The van der Waals surface area contributed by atoms with Gasteiger partial charge in [0.25, 0.3) is 0 Å². The number of carboxylic acid groups (broad SMARTS) is 1. The van der Waals surface area contributed by atoms with E-state index in [1.165, 1.54) is 0 Å². The van der Waals surface area contributed by atoms with Crippen molar-refractivity contribution in [1.82, 2.24) is 15.3 Å². The molecule has 0 aromatic carbocycles. The first kappa shape index (κ1) is 9.72. The van der Waals surface area contributed by atoms with Crippen molar-refractivity contribution < 1.29 is 9.90 Å². The molecule has 1 aliphatic heterocycles. The van der Waals surface area contributed by atoms with E-state index in [2.05, 4.69) is 15.3 Å². The molecule has 2 aliphatic rings. The predicted molar refractivity (Wildman–Crippen MR) is 55.6 cm³/mol. The molecule has 5 heteroatoms. The lowest BCUT2D eigenvalue weighted by molar-refractivity contribution is -0.139. The quantitative estimate of drug-likeness (QED) is 0.752. The minimum atomic E-state index is -0.674. The lowest BCUT2D eigenvalue weighted by Gasteiger charge is -2.14. The van der Waals surface area contributed by atoms with Crippen LogP contribution in [0.3, 0.4) is 0 Å². The van der Waals surface area contributed by atoms with E-state index >= 15 is 0 Å². The number of aryl methyl sites for hydroxylation is 1. The average molecular weight is 219 g/mol. The number of nitrogens with zero attached hydrogens (tertiary/aromatic N) is 2. The van der Waals surface area contributed by atoms with Crippen LogP contribution in [0.4, 0.5) is 0 Å². The number of piperidine rings is 1. The van der Waals surface area contributed by atoms with Crippen LogP contribution in [0.5, 0.6) is 0 Å². The minimum Gasteiger partial charge on any atom is -0.481 e. The fraction of sp³-hybridized carbons (Fsp3) is 0.545. The Hall–Kier alpha value is -1.49. The summed E-state index contributed by atoms with van der Waals surface area (Å²) in [5.74, 6) is 0.383. The maximum atomic E-state index is 11.0. The summed E-state index contributed by atoms with van der Waals surface area (Å²) in [5.41, 5.74) is 0.920. The van der Waals surface area contributed by atoms with Gasteiger partial charge >= 0.3 is 5.97 Å². The maximum Gasteiger partial charge on any atom is 0.307 e. The summed E-state index contributed by atoms with van der Waals surface area (Å²) in [6.07, 6.45) is 1.73. The second kappa shape index (κ2) is 3.25. The Bertz CT molecular complexity index is 449. The molecule has 0 amide bonds. The van der Waals surface area contributed by atoms with E-state index < -0.39 is 5.97 Å². The maximum absolute atomic E-state index is 11.0. The smallest absolute Gasteiger partial charge is 0.307 e. The lowest BCUT2D eigenvalue weighted by atomic mass is 10.1. The van der Waals surface area contributed by atoms with Crippen LogP contribution in [0, 0.1) is 24.7 Å². The number of aliphatic carboxylic acids is 1. The van der Waals surface area contributed by atoms with Gasteiger partial charge in [0, 0.05) is 6.20 Å². The van der Waals surface area contributed by atoms with Gasteiger partial charge in [-0.3, -0.25) is 4.79 Å². The zero-order valence-electron chi connectivity index (χ0n) is 8.92. The van der Waals surface area contributed by atoms with E-state index in [4.69, 9.17) is 5.11 Å². The van der Waals surface area contributed by atoms with Crippen LogP contribution in [0.15, 0.2) is 12.3 Å². The Kier molecular flexibility index (Phi) is 1.97. The van der Waals surface area contributed by atoms with E-state index in [1.54, 1.807) is 6.20 Å². The number of hydrogen-bond donors (Lipinski definition) is 2. The highest BCUT2D eigenvalue weighted by atomic mass is 16.4. The molecule has 0 bridgehead atoms. The second-order valence-electron chi connectivity index (χ2n) is 4.52. The summed E-state index contributed by atoms with van der Waals surface area (Å²) >= 11 is 0. The third-order valence-corrected chi connectivity index (χ3v) is 3.59. The lowest BCUT2D eigenvalue weighted by Crippen LogP contribution is -2.24. The van der Waals surface area contributed by atoms with E-state index in [9.17, 15) is 4.79 Å². The number of nitrogens with one attached hydrogen (secondary N) is 1. The highest BCUT2D eigenvalue weighted by Crippen LogP contribution is 2.56. The Morgan fingerprint density at radius 3 is 3.06 bits per heavy atom. The van der Waals surface area contributed by atoms with Crippen molar-refractivity contribution >= 4 is 5.97 Å². The first-order chi connectivity index (χ1) is 7.68. The van der Waals surface area contributed by atoms with Gasteiger partial charge < -0.3 is 10.4 Å². The topological polar surface area (TPSA) is 75.1 Å². The number of carboxylic acids is 1. The van der Waals surface area contributed by atoms with Crippen LogP contribution in [-0.4, -0.2) is 27.6 Å². The molecule has 2 N–H and O–H groups in total. The van der Waals surface area contributed by atoms with Gasteiger partial charge in [-0.15, -0.1) is 0 Å². The highest BCUT2D eigenvalue weighted by Gasteiger charge is 2.62. The standard InChI is InChI=1S/C11H13N3O2/c1-5-12-3-2-7(14-5)10-8-6(4-13-10)9(8)11(15)16/h2-3,6,8-10,13H,4H2,1H3,(H,15,16). The molecule has 1 aliphatic carbocycles. The van der Waals surface area contributed by atoms with Crippen molar-refractivity contribution in [2.75, 3.05) is 6.54 Å². The van der Waals surface area contributed by atoms with Gasteiger partial charge in [-0.25, -0.2) is 9.97 Å². The normalized spacial score (nSPS) is 35.8. The van der Waals surface area contributed by atoms with Gasteiger partial charge in [0.05, 0.1) is 17.7 Å². The summed E-state index contributed by atoms with van der Waals surface area (Å²) in [5, 5.41) is 12.3. The molecule has 4 atom stereocenters. The molecule has 1 saturated carbocycles. The van der Waals surface area contributed by atoms with Crippen molar-refractivity contribution in [3.63, 3.8) is 0 Å². The first-order valence-electron chi connectivity index (χ1n) is 5.44. The Morgan fingerprint density at radius 1 is 1.62 bits per heavy atom. The molecule has 2 fully saturated rings. The highest BCUT2D eigenvalue weighted by molar-refractivity contribution is 5.75. The largest absolute Gasteiger partial charge is 0.481 e. The molecular formula is C11H13N3O2. The molecule has 1 saturated heterocycles. The molecule has 0 spiro atoms. The molecule has 3 rings (SSSR count). The van der Waals surface area contributed by atoms with E-state index in [1.807, 2.05) is 13.0 Å². The zero-order chi connectivity index (χ0) is 11.3. The van der Waals surface area contributed by atoms with Crippen molar-refractivity contribution in [1.29, 1.82) is 0 Å². The van der Waals surface area contributed by atoms with Crippen LogP contribution in [0.25, 0.3) is 0 Å². The van der Waals surface area contributed by atoms with Gasteiger partial charge in [0.2, 0.25) is 0 Å². The van der Waals surface area contributed by atoms with Gasteiger partial charge in [0.15, 0.2) is 0 Å². The summed E-state index contributed by atoms with van der Waals surface area (Å²) in [6, 6.07) is 1.96. The van der Waals surface area contributed by atoms with E-state index in [-0.39, 0.29) is 23.8 Å². The summed E-state index contributed by atoms with van der Waals surface area (Å²) < 4.78 is 0. The summed E-state index contributed by atoms with van der Waals surface area (Å²) in [6.45, 7) is 2.63. The molecular weight excluding hydrogens is 206 g/mol. The third kappa shape index (κ3) is 1.31. The number of aromatic nitrogens is 2. The number of carbonyl (C=O) groups is 1. The molecule has 4 unspecified atom stereocenters. The van der Waals surface area contributed by atoms with Crippen molar-refractivity contribution in [2.45, 2.75) is 13.0 Å². The molecule has 16 heavy (non-hydrogen) atoms. The Balaban J connectivity index is 1.85. The Morgan fingerprint density at radius 2 is 2.44 bits per heavy atom. The number of rotatable bonds is 2. The molecule has 2 heterocycles. The van der Waals surface area contributed by atoms with E-state index in [0.29, 0.717) is 0 Å². The summed E-state index contributed by atoms with van der Waals surface area (Å²) in [7, 11) is 0. The predicted octanol–water partition coefficient (Wildman–Crippen LogP) is 0.376. The van der Waals surface area contributed by atoms with Gasteiger partial charge in [-0.05, 0) is 31.4 Å². The molecule has 1 aromatic heterocycles. The van der Waals surface area contributed by atoms with Gasteiger partial charge in [-0.1, -0.05) is 0 Å². The fourth-order valence-electron chi connectivity index (χ4n) is 2.81. The van der Waals surface area contributed by atoms with Crippen molar-refractivity contribution in [3.8, 4) is 0 Å². The molecule has 5 nitrogen and oxygen atoms in total. The van der Waals surface area contributed by atoms with Crippen molar-refractivity contribution in [3.05, 3.63) is 23.8 Å². The van der Waals surface area contributed by atoms with Gasteiger partial charge in [-0.2, -0.15) is 0 Å². The molecule has 1 aromatic rings. The SMILES string of the molecule is Cc1nccc(C2NCC3C(C(=O)O)C23)n1. The number of hydrogen-bond acceptors (Lipinski definition) is 4. The minimum absolute atomic E-state index is 0.0906. The number of fused-ring (bicyclic) bond motifs is 1. The van der Waals surface area contributed by atoms with Gasteiger partial charge in [0.1, 0.15) is 5.82 Å². The first-order valence-corrected chi connectivity index (χ1v) is 5.44. The Labute approximate surface area is 92.9 Å². The zero-order valence-corrected chi connectivity index (χ0v) is 8.92. The van der Waals surface area contributed by atoms with Crippen LogP contribution in [0.2, 0.25) is 0 Å². The van der Waals surface area contributed by atoms with Crippen LogP contribution < -0.4 is 5.32 Å². The van der Waals surface area contributed by atoms with Crippen LogP contribution in [0.1, 0.15) is 17.6 Å². The third-order valence-electron chi connectivity index (χ3n) is 3.59.